The third kappa shape index (κ3) is 2.90. The van der Waals surface area contributed by atoms with Crippen LogP contribution in [0.15, 0.2) is 47.5 Å². The van der Waals surface area contributed by atoms with Crippen molar-refractivity contribution < 1.29 is 13.7 Å². The van der Waals surface area contributed by atoms with E-state index in [0.29, 0.717) is 40.7 Å². The van der Waals surface area contributed by atoms with Crippen molar-refractivity contribution in [3.8, 4) is 11.4 Å². The Morgan fingerprint density at radius 3 is 3.04 bits per heavy atom. The molecular weight excluding hydrogens is 363 g/mol. The van der Waals surface area contributed by atoms with Crippen LogP contribution in [0.2, 0.25) is 0 Å². The lowest BCUT2D eigenvalue weighted by Crippen LogP contribution is -2.14. The second-order valence-electron chi connectivity index (χ2n) is 6.78. The minimum atomic E-state index is -0.900. The van der Waals surface area contributed by atoms with Crippen molar-refractivity contribution in [3.05, 3.63) is 60.0 Å². The van der Waals surface area contributed by atoms with Gasteiger partial charge in [0.25, 0.3) is 5.91 Å². The second kappa shape index (κ2) is 6.22. The van der Waals surface area contributed by atoms with E-state index in [0.717, 1.165) is 5.56 Å². The van der Waals surface area contributed by atoms with Gasteiger partial charge in [0.2, 0.25) is 17.5 Å². The summed E-state index contributed by atoms with van der Waals surface area (Å²) < 4.78 is 20.0. The van der Waals surface area contributed by atoms with Gasteiger partial charge in [-0.05, 0) is 25.0 Å². The van der Waals surface area contributed by atoms with E-state index < -0.39 is 6.17 Å². The van der Waals surface area contributed by atoms with Gasteiger partial charge in [-0.3, -0.25) is 9.20 Å². The summed E-state index contributed by atoms with van der Waals surface area (Å²) in [6.45, 7) is 1.89. The SMILES string of the molecule is Cc1ccc(-c2noc([C@H]3C[C@@H]3F)n2)cc1NC(=O)c1cnc2nccn2c1. The fraction of sp³-hybridized carbons (Fsp3) is 0.211. The number of carbonyl (C=O) groups excluding carboxylic acids is 1. The number of hydrogen-bond acceptors (Lipinski definition) is 6. The number of nitrogens with one attached hydrogen (secondary N) is 1. The lowest BCUT2D eigenvalue weighted by Gasteiger charge is -2.09. The molecule has 0 radical (unpaired) electrons. The highest BCUT2D eigenvalue weighted by atomic mass is 19.1. The Morgan fingerprint density at radius 2 is 2.21 bits per heavy atom. The number of hydrogen-bond donors (Lipinski definition) is 1. The third-order valence-corrected chi connectivity index (χ3v) is 4.72. The van der Waals surface area contributed by atoms with Gasteiger partial charge in [-0.15, -0.1) is 0 Å². The average molecular weight is 378 g/mol. The molecule has 28 heavy (non-hydrogen) atoms. The Bertz CT molecular complexity index is 1200. The number of halogens is 1. The summed E-state index contributed by atoms with van der Waals surface area (Å²) in [5.74, 6) is 0.611. The maximum atomic E-state index is 13.2. The number of amides is 1. The molecule has 1 fully saturated rings. The highest BCUT2D eigenvalue weighted by Crippen LogP contribution is 2.43. The number of nitrogens with zero attached hydrogens (tertiary/aromatic N) is 5. The van der Waals surface area contributed by atoms with Gasteiger partial charge in [0.15, 0.2) is 0 Å². The molecule has 0 unspecified atom stereocenters. The van der Waals surface area contributed by atoms with Gasteiger partial charge in [-0.25, -0.2) is 14.4 Å². The van der Waals surface area contributed by atoms with E-state index in [1.807, 2.05) is 19.1 Å². The molecule has 1 amide bonds. The van der Waals surface area contributed by atoms with E-state index in [1.165, 1.54) is 6.20 Å². The van der Waals surface area contributed by atoms with Crippen LogP contribution in [0.5, 0.6) is 0 Å². The van der Waals surface area contributed by atoms with Gasteiger partial charge < -0.3 is 9.84 Å². The molecule has 140 valence electrons. The van der Waals surface area contributed by atoms with E-state index >= 15 is 0 Å². The number of rotatable bonds is 4. The summed E-state index contributed by atoms with van der Waals surface area (Å²) in [4.78, 5) is 25.1. The third-order valence-electron chi connectivity index (χ3n) is 4.72. The molecule has 8 nitrogen and oxygen atoms in total. The van der Waals surface area contributed by atoms with Gasteiger partial charge in [0.05, 0.1) is 11.5 Å². The molecule has 0 aliphatic heterocycles. The topological polar surface area (TPSA) is 98.2 Å². The lowest BCUT2D eigenvalue weighted by atomic mass is 10.1. The van der Waals surface area contributed by atoms with Crippen LogP contribution >= 0.6 is 0 Å². The Morgan fingerprint density at radius 1 is 1.36 bits per heavy atom. The molecule has 0 saturated heterocycles. The Labute approximate surface area is 158 Å². The first-order valence-electron chi connectivity index (χ1n) is 8.77. The summed E-state index contributed by atoms with van der Waals surface area (Å²) >= 11 is 0. The maximum Gasteiger partial charge on any atom is 0.258 e. The molecule has 0 bridgehead atoms. The predicted octanol–water partition coefficient (Wildman–Crippen LogP) is 3.17. The molecule has 1 aliphatic rings. The smallest absolute Gasteiger partial charge is 0.258 e. The van der Waals surface area contributed by atoms with Crippen molar-refractivity contribution in [3.63, 3.8) is 0 Å². The van der Waals surface area contributed by atoms with Crippen LogP contribution in [0.1, 0.15) is 34.2 Å². The molecule has 1 aliphatic carbocycles. The van der Waals surface area contributed by atoms with Gasteiger partial charge in [-0.1, -0.05) is 17.3 Å². The summed E-state index contributed by atoms with van der Waals surface area (Å²) in [6.07, 6.45) is 6.00. The minimum absolute atomic E-state index is 0.295. The van der Waals surface area contributed by atoms with Gasteiger partial charge in [0, 0.05) is 36.0 Å². The number of aromatic nitrogens is 5. The molecule has 3 heterocycles. The van der Waals surface area contributed by atoms with E-state index in [1.54, 1.807) is 29.1 Å². The maximum absolute atomic E-state index is 13.2. The molecule has 4 aromatic rings. The van der Waals surface area contributed by atoms with E-state index in [4.69, 9.17) is 4.52 Å². The van der Waals surface area contributed by atoms with Crippen molar-refractivity contribution in [1.29, 1.82) is 0 Å². The van der Waals surface area contributed by atoms with Crippen LogP contribution in [0.4, 0.5) is 10.1 Å². The Hall–Kier alpha value is -3.62. The zero-order valence-electron chi connectivity index (χ0n) is 14.8. The van der Waals surface area contributed by atoms with Crippen LogP contribution in [0.25, 0.3) is 17.2 Å². The Kier molecular flexibility index (Phi) is 3.68. The van der Waals surface area contributed by atoms with E-state index in [9.17, 15) is 9.18 Å². The van der Waals surface area contributed by atoms with Gasteiger partial charge >= 0.3 is 0 Å². The molecule has 1 saturated carbocycles. The first-order valence-corrected chi connectivity index (χ1v) is 8.77. The summed E-state index contributed by atoms with van der Waals surface area (Å²) in [5, 5.41) is 6.82. The standard InChI is InChI=1S/C19H15FN6O2/c1-10-2-3-11(16-24-18(28-25-16)13-7-14(13)20)6-15(10)23-17(27)12-8-22-19-21-4-5-26(19)9-12/h2-6,8-9,13-14H,7H2,1H3,(H,23,27)/t13-,14-/m0/s1. The average Bonchev–Trinajstić information content (AvgIpc) is 3.11. The summed E-state index contributed by atoms with van der Waals surface area (Å²) in [6, 6.07) is 5.46. The summed E-state index contributed by atoms with van der Waals surface area (Å²) in [5.41, 5.74) is 2.58. The van der Waals surface area contributed by atoms with Crippen molar-refractivity contribution in [1.82, 2.24) is 24.5 Å². The number of aryl methyl sites for hydroxylation is 1. The zero-order valence-corrected chi connectivity index (χ0v) is 14.8. The molecule has 3 aromatic heterocycles. The monoisotopic (exact) mass is 378 g/mol. The van der Waals surface area contributed by atoms with Crippen LogP contribution in [0.3, 0.4) is 0 Å². The normalized spacial score (nSPS) is 18.4. The number of carbonyl (C=O) groups is 1. The molecule has 1 N–H and O–H groups in total. The number of fused-ring (bicyclic) bond motifs is 1. The molecular formula is C19H15FN6O2. The lowest BCUT2D eigenvalue weighted by molar-refractivity contribution is 0.102. The van der Waals surface area contributed by atoms with Gasteiger partial charge in [0.1, 0.15) is 6.17 Å². The molecule has 9 heteroatoms. The molecule has 5 rings (SSSR count). The van der Waals surface area contributed by atoms with Crippen molar-refractivity contribution in [2.24, 2.45) is 0 Å². The highest BCUT2D eigenvalue weighted by Gasteiger charge is 2.43. The fourth-order valence-corrected chi connectivity index (χ4v) is 2.95. The van der Waals surface area contributed by atoms with Crippen LogP contribution in [0, 0.1) is 6.92 Å². The second-order valence-corrected chi connectivity index (χ2v) is 6.78. The van der Waals surface area contributed by atoms with Crippen LogP contribution < -0.4 is 5.32 Å². The fourth-order valence-electron chi connectivity index (χ4n) is 2.95. The Balaban J connectivity index is 1.40. The molecule has 0 spiro atoms. The first kappa shape index (κ1) is 16.5. The predicted molar refractivity (Wildman–Crippen MR) is 97.7 cm³/mol. The number of anilines is 1. The number of alkyl halides is 1. The number of benzene rings is 1. The van der Waals surface area contributed by atoms with Crippen molar-refractivity contribution >= 4 is 17.4 Å². The van der Waals surface area contributed by atoms with Gasteiger partial charge in [-0.2, -0.15) is 4.98 Å². The quantitative estimate of drug-likeness (QED) is 0.586. The van der Waals surface area contributed by atoms with Crippen LogP contribution in [-0.4, -0.2) is 36.6 Å². The zero-order chi connectivity index (χ0) is 19.3. The van der Waals surface area contributed by atoms with Crippen molar-refractivity contribution in [2.75, 3.05) is 5.32 Å². The first-order chi connectivity index (χ1) is 13.6. The van der Waals surface area contributed by atoms with Crippen LogP contribution in [-0.2, 0) is 0 Å². The molecule has 2 atom stereocenters. The highest BCUT2D eigenvalue weighted by molar-refractivity contribution is 6.04. The van der Waals surface area contributed by atoms with E-state index in [2.05, 4.69) is 25.4 Å². The minimum Gasteiger partial charge on any atom is -0.339 e. The van der Waals surface area contributed by atoms with Crippen molar-refractivity contribution in [2.45, 2.75) is 25.4 Å². The largest absolute Gasteiger partial charge is 0.339 e. The van der Waals surface area contributed by atoms with E-state index in [-0.39, 0.29) is 11.8 Å². The molecule has 1 aromatic carbocycles. The number of imidazole rings is 1. The summed E-state index contributed by atoms with van der Waals surface area (Å²) in [7, 11) is 0.